The van der Waals surface area contributed by atoms with Crippen LogP contribution in [0.5, 0.6) is 11.5 Å². The third-order valence-electron chi connectivity index (χ3n) is 4.62. The van der Waals surface area contributed by atoms with E-state index in [1.54, 1.807) is 12.1 Å². The predicted octanol–water partition coefficient (Wildman–Crippen LogP) is 5.12. The van der Waals surface area contributed by atoms with E-state index in [0.717, 1.165) is 11.8 Å². The normalized spacial score (nSPS) is 16.0. The fourth-order valence-electron chi connectivity index (χ4n) is 3.19. The molecule has 4 rings (SSSR count). The minimum atomic E-state index is -0.650. The van der Waals surface area contributed by atoms with E-state index < -0.39 is 10.6 Å². The number of nitro benzene ring substituents is 1. The Labute approximate surface area is 187 Å². The number of nitro groups is 1. The van der Waals surface area contributed by atoms with Gasteiger partial charge >= 0.3 is 5.69 Å². The molecule has 1 amide bonds. The van der Waals surface area contributed by atoms with Gasteiger partial charge in [0.15, 0.2) is 10.9 Å². The first-order valence-corrected chi connectivity index (χ1v) is 10.3. The Morgan fingerprint density at radius 2 is 1.72 bits per heavy atom. The van der Waals surface area contributed by atoms with Crippen molar-refractivity contribution in [2.75, 3.05) is 12.0 Å². The molecule has 0 saturated carbocycles. The van der Waals surface area contributed by atoms with Crippen LogP contribution in [-0.2, 0) is 4.79 Å². The van der Waals surface area contributed by atoms with Crippen LogP contribution in [0.25, 0.3) is 6.08 Å². The Hall–Kier alpha value is -4.11. The van der Waals surface area contributed by atoms with E-state index in [-0.39, 0.29) is 27.9 Å². The molecule has 9 heteroatoms. The van der Waals surface area contributed by atoms with Gasteiger partial charge in [-0.25, -0.2) is 4.99 Å². The molecule has 0 bridgehead atoms. The monoisotopic (exact) mass is 447 g/mol. The van der Waals surface area contributed by atoms with E-state index in [2.05, 4.69) is 4.99 Å². The van der Waals surface area contributed by atoms with Crippen molar-refractivity contribution in [3.63, 3.8) is 0 Å². The largest absolute Gasteiger partial charge is 0.504 e. The zero-order chi connectivity index (χ0) is 22.7. The molecule has 1 N–H and O–H groups in total. The molecule has 8 nitrogen and oxygen atoms in total. The summed E-state index contributed by atoms with van der Waals surface area (Å²) < 4.78 is 5.01. The summed E-state index contributed by atoms with van der Waals surface area (Å²) in [4.78, 5) is 30.7. The molecule has 0 unspecified atom stereocenters. The zero-order valence-electron chi connectivity index (χ0n) is 16.8. The standard InChI is InChI=1S/C23H17N3O5S/c1-31-21-18(27)13-12-15(20(21)26(29)30)14-19-22(28)25(17-10-6-3-7-11-17)23(32-19)24-16-8-4-2-5-9-16/h2-14,27H,1H3/b19-14-,24-23?. The van der Waals surface area contributed by atoms with E-state index in [9.17, 15) is 20.0 Å². The molecule has 1 aliphatic rings. The Balaban J connectivity index is 1.83. The number of amides is 1. The highest BCUT2D eigenvalue weighted by atomic mass is 32.2. The molecule has 1 aliphatic heterocycles. The number of phenols is 1. The van der Waals surface area contributed by atoms with Crippen LogP contribution < -0.4 is 9.64 Å². The molecular formula is C23H17N3O5S. The number of phenolic OH excluding ortho intramolecular Hbond substituents is 1. The summed E-state index contributed by atoms with van der Waals surface area (Å²) in [7, 11) is 1.23. The summed E-state index contributed by atoms with van der Waals surface area (Å²) in [5, 5.41) is 22.0. The van der Waals surface area contributed by atoms with Gasteiger partial charge in [-0.3, -0.25) is 19.8 Å². The lowest BCUT2D eigenvalue weighted by Crippen LogP contribution is -2.28. The first-order chi connectivity index (χ1) is 15.5. The molecule has 0 atom stereocenters. The number of aliphatic imine (C=N–C) groups is 1. The number of hydrogen-bond donors (Lipinski definition) is 1. The van der Waals surface area contributed by atoms with Gasteiger partial charge in [0.1, 0.15) is 0 Å². The number of aromatic hydroxyl groups is 1. The van der Waals surface area contributed by atoms with Crippen molar-refractivity contribution in [1.82, 2.24) is 0 Å². The van der Waals surface area contributed by atoms with Crippen LogP contribution in [0.3, 0.4) is 0 Å². The molecule has 0 radical (unpaired) electrons. The average molecular weight is 447 g/mol. The number of amidine groups is 1. The van der Waals surface area contributed by atoms with Crippen LogP contribution in [-0.4, -0.2) is 28.2 Å². The van der Waals surface area contributed by atoms with Crippen molar-refractivity contribution >= 4 is 46.0 Å². The highest BCUT2D eigenvalue weighted by molar-refractivity contribution is 8.19. The quantitative estimate of drug-likeness (QED) is 0.331. The van der Waals surface area contributed by atoms with E-state index in [1.165, 1.54) is 30.2 Å². The second kappa shape index (κ2) is 8.94. The van der Waals surface area contributed by atoms with Crippen molar-refractivity contribution in [1.29, 1.82) is 0 Å². The lowest BCUT2D eigenvalue weighted by Gasteiger charge is -2.15. The highest BCUT2D eigenvalue weighted by Crippen LogP contribution is 2.42. The maximum Gasteiger partial charge on any atom is 0.322 e. The van der Waals surface area contributed by atoms with Crippen molar-refractivity contribution in [3.8, 4) is 11.5 Å². The third-order valence-corrected chi connectivity index (χ3v) is 5.59. The average Bonchev–Trinajstić information content (AvgIpc) is 3.10. The molecule has 1 fully saturated rings. The summed E-state index contributed by atoms with van der Waals surface area (Å²) in [5.41, 5.74) is 1.01. The Morgan fingerprint density at radius 1 is 1.06 bits per heavy atom. The van der Waals surface area contributed by atoms with E-state index in [4.69, 9.17) is 4.74 Å². The molecule has 3 aromatic rings. The van der Waals surface area contributed by atoms with Crippen LogP contribution >= 0.6 is 11.8 Å². The summed E-state index contributed by atoms with van der Waals surface area (Å²) in [6.07, 6.45) is 1.41. The van der Waals surface area contributed by atoms with Crippen LogP contribution in [0.4, 0.5) is 17.1 Å². The Morgan fingerprint density at radius 3 is 2.34 bits per heavy atom. The fourth-order valence-corrected chi connectivity index (χ4v) is 4.18. The lowest BCUT2D eigenvalue weighted by molar-refractivity contribution is -0.386. The predicted molar refractivity (Wildman–Crippen MR) is 124 cm³/mol. The molecular weight excluding hydrogens is 430 g/mol. The smallest absolute Gasteiger partial charge is 0.322 e. The molecule has 1 heterocycles. The van der Waals surface area contributed by atoms with Crippen molar-refractivity contribution in [2.45, 2.75) is 0 Å². The van der Waals surface area contributed by atoms with Crippen LogP contribution in [0.1, 0.15) is 5.56 Å². The summed E-state index contributed by atoms with van der Waals surface area (Å²) in [6, 6.07) is 20.9. The number of nitrogens with zero attached hydrogens (tertiary/aromatic N) is 3. The van der Waals surface area contributed by atoms with Crippen molar-refractivity contribution in [2.24, 2.45) is 4.99 Å². The van der Waals surface area contributed by atoms with Gasteiger partial charge in [-0.1, -0.05) is 36.4 Å². The molecule has 0 aromatic heterocycles. The number of hydrogen-bond acceptors (Lipinski definition) is 7. The lowest BCUT2D eigenvalue weighted by atomic mass is 10.1. The number of carbonyl (C=O) groups is 1. The summed E-state index contributed by atoms with van der Waals surface area (Å²) >= 11 is 1.11. The number of rotatable bonds is 5. The third kappa shape index (κ3) is 4.06. The van der Waals surface area contributed by atoms with Crippen LogP contribution in [0, 0.1) is 10.1 Å². The number of para-hydroxylation sites is 2. The number of anilines is 1. The number of benzene rings is 3. The number of thioether (sulfide) groups is 1. The Bertz CT molecular complexity index is 1240. The second-order valence-electron chi connectivity index (χ2n) is 6.63. The molecule has 0 aliphatic carbocycles. The van der Waals surface area contributed by atoms with Crippen molar-refractivity contribution < 1.29 is 19.6 Å². The van der Waals surface area contributed by atoms with Gasteiger partial charge in [-0.05, 0) is 54.2 Å². The molecule has 32 heavy (non-hydrogen) atoms. The number of methoxy groups -OCH3 is 1. The first kappa shape index (κ1) is 21.1. The van der Waals surface area contributed by atoms with Crippen LogP contribution in [0.15, 0.2) is 82.7 Å². The molecule has 1 saturated heterocycles. The number of ether oxygens (including phenoxy) is 1. The van der Waals surface area contributed by atoms with Gasteiger partial charge in [-0.2, -0.15) is 0 Å². The Kier molecular flexibility index (Phi) is 5.91. The minimum absolute atomic E-state index is 0.134. The topological polar surface area (TPSA) is 105 Å². The zero-order valence-corrected chi connectivity index (χ0v) is 17.7. The van der Waals surface area contributed by atoms with E-state index in [0.29, 0.717) is 16.5 Å². The van der Waals surface area contributed by atoms with Gasteiger partial charge in [0.25, 0.3) is 5.91 Å². The maximum absolute atomic E-state index is 13.3. The first-order valence-electron chi connectivity index (χ1n) is 9.46. The summed E-state index contributed by atoms with van der Waals surface area (Å²) in [6.45, 7) is 0. The van der Waals surface area contributed by atoms with Crippen LogP contribution in [0.2, 0.25) is 0 Å². The van der Waals surface area contributed by atoms with E-state index >= 15 is 0 Å². The fraction of sp³-hybridized carbons (Fsp3) is 0.0435. The number of carbonyl (C=O) groups excluding carboxylic acids is 1. The second-order valence-corrected chi connectivity index (χ2v) is 7.64. The molecule has 160 valence electrons. The van der Waals surface area contributed by atoms with Gasteiger partial charge in [0.05, 0.1) is 33.9 Å². The summed E-state index contributed by atoms with van der Waals surface area (Å²) in [5.74, 6) is -0.987. The SMILES string of the molecule is COc1c(O)ccc(/C=C2\SC(=Nc3ccccc3)N(c3ccccc3)C2=O)c1[N+](=O)[O-]. The van der Waals surface area contributed by atoms with Gasteiger partial charge in [0, 0.05) is 0 Å². The molecule has 0 spiro atoms. The molecule has 3 aromatic carbocycles. The maximum atomic E-state index is 13.3. The van der Waals surface area contributed by atoms with Gasteiger partial charge in [-0.15, -0.1) is 0 Å². The van der Waals surface area contributed by atoms with Crippen molar-refractivity contribution in [3.05, 3.63) is 93.4 Å². The van der Waals surface area contributed by atoms with Gasteiger partial charge in [0.2, 0.25) is 5.75 Å². The van der Waals surface area contributed by atoms with Gasteiger partial charge < -0.3 is 9.84 Å². The minimum Gasteiger partial charge on any atom is -0.504 e. The highest BCUT2D eigenvalue weighted by Gasteiger charge is 2.35. The van der Waals surface area contributed by atoms with E-state index in [1.807, 2.05) is 48.5 Å².